The summed E-state index contributed by atoms with van der Waals surface area (Å²) in [5.41, 5.74) is 1.41. The molecule has 0 saturated carbocycles. The number of rotatable bonds is 6. The van der Waals surface area contributed by atoms with Crippen molar-refractivity contribution in [1.29, 1.82) is 0 Å². The number of H-pyrrole nitrogens is 1. The molecule has 1 aromatic carbocycles. The molecule has 2 heterocycles. The Kier molecular flexibility index (Phi) is 5.05. The topological polar surface area (TPSA) is 66.3 Å². The van der Waals surface area contributed by atoms with E-state index < -0.39 is 0 Å². The highest BCUT2D eigenvalue weighted by Crippen LogP contribution is 2.15. The second kappa shape index (κ2) is 7.40. The number of hydrogen-bond acceptors (Lipinski definition) is 4. The number of thioether (sulfide) groups is 1. The minimum absolute atomic E-state index is 0.00798. The number of nitrogens with one attached hydrogen (secondary N) is 1. The number of carbonyl (C=O) groups excluding carboxylic acids is 1. The predicted molar refractivity (Wildman–Crippen MR) is 95.9 cm³/mol. The number of aromatic amines is 1. The molecule has 0 aliphatic heterocycles. The molecule has 0 bridgehead atoms. The van der Waals surface area contributed by atoms with Crippen LogP contribution in [0.3, 0.4) is 0 Å². The number of furan rings is 1. The van der Waals surface area contributed by atoms with Gasteiger partial charge in [0.05, 0.1) is 18.6 Å². The van der Waals surface area contributed by atoms with Gasteiger partial charge in [-0.2, -0.15) is 0 Å². The van der Waals surface area contributed by atoms with E-state index in [4.69, 9.17) is 4.42 Å². The Labute approximate surface area is 143 Å². The lowest BCUT2D eigenvalue weighted by Gasteiger charge is -2.15. The van der Waals surface area contributed by atoms with E-state index in [2.05, 4.69) is 4.98 Å². The van der Waals surface area contributed by atoms with E-state index in [-0.39, 0.29) is 11.5 Å². The molecule has 124 valence electrons. The highest BCUT2D eigenvalue weighted by molar-refractivity contribution is 7.99. The monoisotopic (exact) mass is 342 g/mol. The maximum absolute atomic E-state index is 12.1. The third-order valence-electron chi connectivity index (χ3n) is 3.71. The second-order valence-corrected chi connectivity index (χ2v) is 6.52. The fraction of sp³-hybridized carbons (Fsp3) is 0.222. The molecule has 0 saturated heterocycles. The Hall–Kier alpha value is -2.47. The van der Waals surface area contributed by atoms with Crippen LogP contribution in [0.1, 0.15) is 11.3 Å². The molecule has 1 amide bonds. The third kappa shape index (κ3) is 3.89. The van der Waals surface area contributed by atoms with Gasteiger partial charge >= 0.3 is 0 Å². The van der Waals surface area contributed by atoms with Gasteiger partial charge in [-0.15, -0.1) is 11.8 Å². The van der Waals surface area contributed by atoms with E-state index in [1.807, 2.05) is 36.4 Å². The molecule has 0 aliphatic rings. The lowest BCUT2D eigenvalue weighted by Crippen LogP contribution is -2.27. The highest BCUT2D eigenvalue weighted by Gasteiger charge is 2.11. The molecule has 5 nitrogen and oxygen atoms in total. The number of aromatic nitrogens is 1. The van der Waals surface area contributed by atoms with Gasteiger partial charge in [0, 0.05) is 23.9 Å². The minimum atomic E-state index is -0.0995. The number of benzene rings is 1. The Morgan fingerprint density at radius 1 is 1.25 bits per heavy atom. The van der Waals surface area contributed by atoms with Crippen LogP contribution >= 0.6 is 11.8 Å². The fourth-order valence-corrected chi connectivity index (χ4v) is 3.31. The second-order valence-electron chi connectivity index (χ2n) is 5.53. The average molecular weight is 342 g/mol. The molecule has 2 aromatic heterocycles. The van der Waals surface area contributed by atoms with Crippen molar-refractivity contribution >= 4 is 28.6 Å². The van der Waals surface area contributed by atoms with Gasteiger partial charge in [0.2, 0.25) is 5.91 Å². The normalized spacial score (nSPS) is 10.9. The summed E-state index contributed by atoms with van der Waals surface area (Å²) in [7, 11) is 1.74. The van der Waals surface area contributed by atoms with Gasteiger partial charge in [-0.25, -0.2) is 0 Å². The predicted octanol–water partition coefficient (Wildman–Crippen LogP) is 3.01. The number of para-hydroxylation sites is 1. The van der Waals surface area contributed by atoms with Crippen LogP contribution in [0.2, 0.25) is 0 Å². The van der Waals surface area contributed by atoms with Crippen molar-refractivity contribution in [3.8, 4) is 0 Å². The Bertz CT molecular complexity index is 887. The summed E-state index contributed by atoms with van der Waals surface area (Å²) in [6.45, 7) is 0.447. The molecule has 1 N–H and O–H groups in total. The first kappa shape index (κ1) is 16.4. The zero-order chi connectivity index (χ0) is 16.9. The molecule has 0 radical (unpaired) electrons. The largest absolute Gasteiger partial charge is 0.467 e. The zero-order valence-electron chi connectivity index (χ0n) is 13.3. The van der Waals surface area contributed by atoms with Crippen LogP contribution in [-0.2, 0) is 17.1 Å². The summed E-state index contributed by atoms with van der Waals surface area (Å²) < 4.78 is 5.24. The van der Waals surface area contributed by atoms with Crippen LogP contribution < -0.4 is 5.56 Å². The number of amides is 1. The van der Waals surface area contributed by atoms with Crippen molar-refractivity contribution < 1.29 is 9.21 Å². The summed E-state index contributed by atoms with van der Waals surface area (Å²) in [6.07, 6.45) is 1.59. The van der Waals surface area contributed by atoms with Crippen molar-refractivity contribution in [2.75, 3.05) is 12.8 Å². The molecule has 0 unspecified atom stereocenters. The summed E-state index contributed by atoms with van der Waals surface area (Å²) in [5, 5.41) is 0.994. The van der Waals surface area contributed by atoms with Crippen molar-refractivity contribution in [3.63, 3.8) is 0 Å². The van der Waals surface area contributed by atoms with Crippen LogP contribution in [0.15, 0.2) is 57.9 Å². The van der Waals surface area contributed by atoms with Crippen molar-refractivity contribution in [2.24, 2.45) is 0 Å². The number of fused-ring (bicyclic) bond motifs is 1. The number of hydrogen-bond donors (Lipinski definition) is 1. The van der Waals surface area contributed by atoms with Gasteiger partial charge in [-0.05, 0) is 29.7 Å². The Balaban J connectivity index is 1.57. The van der Waals surface area contributed by atoms with Crippen LogP contribution in [0.5, 0.6) is 0 Å². The van der Waals surface area contributed by atoms with Gasteiger partial charge in [-0.1, -0.05) is 18.2 Å². The average Bonchev–Trinajstić information content (AvgIpc) is 3.08. The molecular weight excluding hydrogens is 324 g/mol. The first-order chi connectivity index (χ1) is 11.6. The zero-order valence-corrected chi connectivity index (χ0v) is 14.1. The van der Waals surface area contributed by atoms with Gasteiger partial charge < -0.3 is 14.3 Å². The van der Waals surface area contributed by atoms with Gasteiger partial charge in [-0.3, -0.25) is 9.59 Å². The molecule has 0 atom stereocenters. The van der Waals surface area contributed by atoms with E-state index in [9.17, 15) is 9.59 Å². The Morgan fingerprint density at radius 2 is 2.08 bits per heavy atom. The molecule has 3 rings (SSSR count). The van der Waals surface area contributed by atoms with E-state index in [0.29, 0.717) is 23.6 Å². The molecule has 0 fully saturated rings. The van der Waals surface area contributed by atoms with E-state index >= 15 is 0 Å². The van der Waals surface area contributed by atoms with Gasteiger partial charge in [0.25, 0.3) is 5.56 Å². The van der Waals surface area contributed by atoms with Crippen molar-refractivity contribution in [3.05, 3.63) is 70.4 Å². The molecule has 0 spiro atoms. The van der Waals surface area contributed by atoms with Crippen LogP contribution in [0, 0.1) is 0 Å². The fourth-order valence-electron chi connectivity index (χ4n) is 2.38. The SMILES string of the molecule is CN(Cc1ccco1)C(=O)CSCc1cc2ccccc2[nH]c1=O. The van der Waals surface area contributed by atoms with Crippen LogP contribution in [0.25, 0.3) is 10.9 Å². The smallest absolute Gasteiger partial charge is 0.252 e. The highest BCUT2D eigenvalue weighted by atomic mass is 32.2. The molecule has 24 heavy (non-hydrogen) atoms. The standard InChI is InChI=1S/C18H18N2O3S/c1-20(10-15-6-4-8-23-15)17(21)12-24-11-14-9-13-5-2-3-7-16(13)19-18(14)22/h2-9H,10-12H2,1H3,(H,19,22). The quantitative estimate of drug-likeness (QED) is 0.748. The van der Waals surface area contributed by atoms with Crippen LogP contribution in [-0.4, -0.2) is 28.6 Å². The number of pyridine rings is 1. The summed E-state index contributed by atoms with van der Waals surface area (Å²) in [5.74, 6) is 1.58. The van der Waals surface area contributed by atoms with E-state index in [1.54, 1.807) is 24.3 Å². The molecular formula is C18H18N2O3S. The molecule has 0 aliphatic carbocycles. The van der Waals surface area contributed by atoms with Crippen molar-refractivity contribution in [2.45, 2.75) is 12.3 Å². The lowest BCUT2D eigenvalue weighted by atomic mass is 10.2. The van der Waals surface area contributed by atoms with Gasteiger partial charge in [0.15, 0.2) is 0 Å². The minimum Gasteiger partial charge on any atom is -0.467 e. The van der Waals surface area contributed by atoms with E-state index in [1.165, 1.54) is 11.8 Å². The maximum Gasteiger partial charge on any atom is 0.252 e. The lowest BCUT2D eigenvalue weighted by molar-refractivity contribution is -0.127. The first-order valence-corrected chi connectivity index (χ1v) is 8.74. The van der Waals surface area contributed by atoms with Gasteiger partial charge in [0.1, 0.15) is 5.76 Å². The molecule has 3 aromatic rings. The number of nitrogens with zero attached hydrogens (tertiary/aromatic N) is 1. The van der Waals surface area contributed by atoms with E-state index in [0.717, 1.165) is 16.7 Å². The Morgan fingerprint density at radius 3 is 2.88 bits per heavy atom. The van der Waals surface area contributed by atoms with Crippen molar-refractivity contribution in [1.82, 2.24) is 9.88 Å². The third-order valence-corrected chi connectivity index (χ3v) is 4.68. The summed E-state index contributed by atoms with van der Waals surface area (Å²) in [6, 6.07) is 13.2. The number of carbonyl (C=O) groups is 1. The maximum atomic E-state index is 12.1. The van der Waals surface area contributed by atoms with Crippen LogP contribution in [0.4, 0.5) is 0 Å². The summed E-state index contributed by atoms with van der Waals surface area (Å²) >= 11 is 1.44. The molecule has 6 heteroatoms. The summed E-state index contributed by atoms with van der Waals surface area (Å²) in [4.78, 5) is 28.7. The first-order valence-electron chi connectivity index (χ1n) is 7.58.